The van der Waals surface area contributed by atoms with Crippen LogP contribution in [-0.2, 0) is 6.54 Å². The quantitative estimate of drug-likeness (QED) is 0.675. The Morgan fingerprint density at radius 3 is 2.41 bits per heavy atom. The molecular formula is C22H24N4O2S. The minimum Gasteiger partial charge on any atom is -0.336 e. The molecule has 1 aliphatic heterocycles. The number of carbonyl (C=O) groups is 1. The lowest BCUT2D eigenvalue weighted by Gasteiger charge is -2.34. The summed E-state index contributed by atoms with van der Waals surface area (Å²) in [6.07, 6.45) is 0. The summed E-state index contributed by atoms with van der Waals surface area (Å²) >= 11 is 5.38. The monoisotopic (exact) mass is 408 g/mol. The Hall–Kier alpha value is -2.77. The molecule has 1 fully saturated rings. The van der Waals surface area contributed by atoms with Gasteiger partial charge in [-0.05, 0) is 48.6 Å². The summed E-state index contributed by atoms with van der Waals surface area (Å²) in [7, 11) is 0. The third kappa shape index (κ3) is 4.02. The van der Waals surface area contributed by atoms with Gasteiger partial charge in [0.25, 0.3) is 11.5 Å². The lowest BCUT2D eigenvalue weighted by molar-refractivity contribution is 0.0643. The number of H-pyrrole nitrogens is 1. The number of likely N-dealkylation sites (N-methyl/N-ethyl adjacent to an activating group) is 1. The maximum atomic E-state index is 12.8. The number of aromatic amines is 1. The highest BCUT2D eigenvalue weighted by Crippen LogP contribution is 2.12. The van der Waals surface area contributed by atoms with Crippen molar-refractivity contribution in [3.8, 4) is 0 Å². The summed E-state index contributed by atoms with van der Waals surface area (Å²) in [5.41, 5.74) is 2.23. The lowest BCUT2D eigenvalue weighted by Crippen LogP contribution is -2.48. The number of benzene rings is 2. The summed E-state index contributed by atoms with van der Waals surface area (Å²) in [5, 5.41) is 0.610. The Kier molecular flexibility index (Phi) is 5.60. The van der Waals surface area contributed by atoms with Crippen LogP contribution in [0.5, 0.6) is 0 Å². The third-order valence-corrected chi connectivity index (χ3v) is 5.86. The molecule has 0 radical (unpaired) electrons. The van der Waals surface area contributed by atoms with Gasteiger partial charge in [-0.2, -0.15) is 0 Å². The molecular weight excluding hydrogens is 384 g/mol. The first-order valence-corrected chi connectivity index (χ1v) is 10.3. The van der Waals surface area contributed by atoms with Crippen molar-refractivity contribution in [2.75, 3.05) is 32.7 Å². The van der Waals surface area contributed by atoms with Crippen molar-refractivity contribution in [2.45, 2.75) is 13.5 Å². The number of fused-ring (bicyclic) bond motifs is 1. The van der Waals surface area contributed by atoms with Gasteiger partial charge in [0.15, 0.2) is 4.77 Å². The van der Waals surface area contributed by atoms with E-state index in [0.29, 0.717) is 22.3 Å². The van der Waals surface area contributed by atoms with Crippen LogP contribution >= 0.6 is 12.2 Å². The normalized spacial score (nSPS) is 15.0. The molecule has 7 heteroatoms. The third-order valence-electron chi connectivity index (χ3n) is 5.54. The highest BCUT2D eigenvalue weighted by Gasteiger charge is 2.21. The van der Waals surface area contributed by atoms with E-state index in [2.05, 4.69) is 16.8 Å². The molecule has 0 atom stereocenters. The van der Waals surface area contributed by atoms with Gasteiger partial charge in [0.05, 0.1) is 17.4 Å². The summed E-state index contributed by atoms with van der Waals surface area (Å²) < 4.78 is 1.95. The van der Waals surface area contributed by atoms with E-state index in [1.54, 1.807) is 10.6 Å². The molecule has 1 N–H and O–H groups in total. The SMILES string of the molecule is CCN1CCN(C(=O)c2ccc(Cn3c(=S)[nH]c4ccccc4c3=O)cc2)CC1. The number of nitrogens with one attached hydrogen (secondary N) is 1. The fourth-order valence-corrected chi connectivity index (χ4v) is 3.99. The second kappa shape index (κ2) is 8.31. The summed E-state index contributed by atoms with van der Waals surface area (Å²) in [6, 6.07) is 14.8. The predicted octanol–water partition coefficient (Wildman–Crippen LogP) is 2.89. The summed E-state index contributed by atoms with van der Waals surface area (Å²) in [6.45, 7) is 6.89. The maximum Gasteiger partial charge on any atom is 0.262 e. The number of hydrogen-bond acceptors (Lipinski definition) is 4. The van der Waals surface area contributed by atoms with Crippen LogP contribution in [-0.4, -0.2) is 58.0 Å². The predicted molar refractivity (Wildman–Crippen MR) is 117 cm³/mol. The molecule has 0 bridgehead atoms. The van der Waals surface area contributed by atoms with Crippen molar-refractivity contribution in [1.82, 2.24) is 19.4 Å². The lowest BCUT2D eigenvalue weighted by atomic mass is 10.1. The smallest absolute Gasteiger partial charge is 0.262 e. The number of nitrogens with zero attached hydrogens (tertiary/aromatic N) is 3. The second-order valence-electron chi connectivity index (χ2n) is 7.29. The summed E-state index contributed by atoms with van der Waals surface area (Å²) in [5.74, 6) is 0.0625. The molecule has 6 nitrogen and oxygen atoms in total. The van der Waals surface area contributed by atoms with Crippen molar-refractivity contribution in [2.24, 2.45) is 0 Å². The fraction of sp³-hybridized carbons (Fsp3) is 0.318. The molecule has 0 saturated carbocycles. The Morgan fingerprint density at radius 2 is 1.72 bits per heavy atom. The van der Waals surface area contributed by atoms with Gasteiger partial charge in [0.2, 0.25) is 0 Å². The maximum absolute atomic E-state index is 12.8. The van der Waals surface area contributed by atoms with Crippen LogP contribution < -0.4 is 5.56 Å². The first-order valence-electron chi connectivity index (χ1n) is 9.89. The molecule has 1 aromatic heterocycles. The van der Waals surface area contributed by atoms with Gasteiger partial charge in [0.1, 0.15) is 0 Å². The Morgan fingerprint density at radius 1 is 1.03 bits per heavy atom. The Bertz CT molecular complexity index is 1140. The zero-order valence-electron chi connectivity index (χ0n) is 16.4. The van der Waals surface area contributed by atoms with Crippen LogP contribution in [0.4, 0.5) is 0 Å². The van der Waals surface area contributed by atoms with Gasteiger partial charge in [-0.15, -0.1) is 0 Å². The number of amides is 1. The van der Waals surface area contributed by atoms with E-state index >= 15 is 0 Å². The van der Waals surface area contributed by atoms with E-state index in [-0.39, 0.29) is 11.5 Å². The zero-order chi connectivity index (χ0) is 20.4. The molecule has 2 heterocycles. The molecule has 3 aromatic rings. The standard InChI is InChI=1S/C22H24N4O2S/c1-2-24-11-13-25(14-12-24)20(27)17-9-7-16(8-10-17)15-26-21(28)18-5-3-4-6-19(18)23-22(26)29/h3-10H,2,11-15H2,1H3,(H,23,29). The molecule has 1 saturated heterocycles. The number of carbonyl (C=O) groups excluding carboxylic acids is 1. The minimum absolute atomic E-state index is 0.0625. The molecule has 0 spiro atoms. The number of rotatable bonds is 4. The average Bonchev–Trinajstić information content (AvgIpc) is 2.76. The number of aromatic nitrogens is 2. The molecule has 1 aliphatic rings. The molecule has 0 unspecified atom stereocenters. The second-order valence-corrected chi connectivity index (χ2v) is 7.68. The first-order chi connectivity index (χ1) is 14.1. The van der Waals surface area contributed by atoms with Gasteiger partial charge < -0.3 is 14.8 Å². The van der Waals surface area contributed by atoms with Gasteiger partial charge in [-0.25, -0.2) is 0 Å². The van der Waals surface area contributed by atoms with Crippen molar-refractivity contribution in [1.29, 1.82) is 0 Å². The number of piperazine rings is 1. The molecule has 4 rings (SSSR count). The van der Waals surface area contributed by atoms with Gasteiger partial charge >= 0.3 is 0 Å². The van der Waals surface area contributed by atoms with Crippen molar-refractivity contribution in [3.05, 3.63) is 74.8 Å². The van der Waals surface area contributed by atoms with Crippen LogP contribution in [0.15, 0.2) is 53.3 Å². The fourth-order valence-electron chi connectivity index (χ4n) is 3.73. The van der Waals surface area contributed by atoms with E-state index in [1.165, 1.54) is 0 Å². The summed E-state index contributed by atoms with van der Waals surface area (Å²) in [4.78, 5) is 32.9. The largest absolute Gasteiger partial charge is 0.336 e. The van der Waals surface area contributed by atoms with Crippen molar-refractivity contribution >= 4 is 29.0 Å². The molecule has 0 aliphatic carbocycles. The topological polar surface area (TPSA) is 61.3 Å². The van der Waals surface area contributed by atoms with Crippen LogP contribution in [0.1, 0.15) is 22.8 Å². The van der Waals surface area contributed by atoms with Gasteiger partial charge in [-0.3, -0.25) is 14.2 Å². The van der Waals surface area contributed by atoms with E-state index in [1.807, 2.05) is 47.4 Å². The van der Waals surface area contributed by atoms with Crippen LogP contribution in [0, 0.1) is 4.77 Å². The van der Waals surface area contributed by atoms with Crippen LogP contribution in [0.3, 0.4) is 0 Å². The zero-order valence-corrected chi connectivity index (χ0v) is 17.2. The number of para-hydroxylation sites is 1. The molecule has 2 aromatic carbocycles. The molecule has 150 valence electrons. The molecule has 29 heavy (non-hydrogen) atoms. The van der Waals surface area contributed by atoms with E-state index < -0.39 is 0 Å². The van der Waals surface area contributed by atoms with E-state index in [9.17, 15) is 9.59 Å². The van der Waals surface area contributed by atoms with Crippen LogP contribution in [0.25, 0.3) is 10.9 Å². The van der Waals surface area contributed by atoms with E-state index in [0.717, 1.165) is 43.8 Å². The van der Waals surface area contributed by atoms with E-state index in [4.69, 9.17) is 12.2 Å². The highest BCUT2D eigenvalue weighted by molar-refractivity contribution is 7.71. The van der Waals surface area contributed by atoms with Gasteiger partial charge in [-0.1, -0.05) is 31.2 Å². The highest BCUT2D eigenvalue weighted by atomic mass is 32.1. The van der Waals surface area contributed by atoms with Crippen molar-refractivity contribution in [3.63, 3.8) is 0 Å². The number of hydrogen-bond donors (Lipinski definition) is 1. The van der Waals surface area contributed by atoms with Crippen LogP contribution in [0.2, 0.25) is 0 Å². The average molecular weight is 409 g/mol. The Labute approximate surface area is 174 Å². The minimum atomic E-state index is -0.113. The van der Waals surface area contributed by atoms with Crippen molar-refractivity contribution < 1.29 is 4.79 Å². The Balaban J connectivity index is 1.52. The first kappa shape index (κ1) is 19.5. The van der Waals surface area contributed by atoms with Gasteiger partial charge in [0, 0.05) is 31.7 Å². The molecule has 1 amide bonds.